The van der Waals surface area contributed by atoms with Gasteiger partial charge in [-0.1, -0.05) is 43.3 Å². The maximum atomic E-state index is 13.2. The van der Waals surface area contributed by atoms with E-state index in [0.717, 1.165) is 23.5 Å². The van der Waals surface area contributed by atoms with Gasteiger partial charge in [-0.25, -0.2) is 4.79 Å². The summed E-state index contributed by atoms with van der Waals surface area (Å²) in [7, 11) is 5.28. The molecule has 0 radical (unpaired) electrons. The number of nitrogens with zero attached hydrogens (tertiary/aromatic N) is 2. The van der Waals surface area contributed by atoms with Gasteiger partial charge in [0.25, 0.3) is 5.91 Å². The van der Waals surface area contributed by atoms with Crippen molar-refractivity contribution in [2.75, 3.05) is 49.8 Å². The van der Waals surface area contributed by atoms with Crippen LogP contribution in [0.3, 0.4) is 0 Å². The van der Waals surface area contributed by atoms with Gasteiger partial charge >= 0.3 is 5.97 Å². The number of methoxy groups -OCH3 is 1. The lowest BCUT2D eigenvalue weighted by atomic mass is 9.99. The molecule has 0 saturated heterocycles. The number of likely N-dealkylation sites (N-methyl/N-ethyl adjacent to an activating group) is 1. The molecular weight excluding hydrogens is 480 g/mol. The van der Waals surface area contributed by atoms with Gasteiger partial charge in [0.05, 0.1) is 29.6 Å². The quantitative estimate of drug-likeness (QED) is 0.319. The summed E-state index contributed by atoms with van der Waals surface area (Å²) < 4.78 is 4.82. The number of hydrogen-bond donors (Lipinski definition) is 2. The maximum absolute atomic E-state index is 13.2. The molecule has 4 rings (SSSR count). The average Bonchev–Trinajstić information content (AvgIpc) is 3.26. The van der Waals surface area contributed by atoms with Crippen LogP contribution < -0.4 is 15.5 Å². The van der Waals surface area contributed by atoms with Gasteiger partial charge in [-0.3, -0.25) is 9.59 Å². The van der Waals surface area contributed by atoms with E-state index in [2.05, 4.69) is 10.6 Å². The molecule has 0 unspecified atom stereocenters. The van der Waals surface area contributed by atoms with E-state index in [1.165, 1.54) is 7.11 Å². The van der Waals surface area contributed by atoms with Gasteiger partial charge in [0.1, 0.15) is 0 Å². The Hall–Kier alpha value is -4.43. The lowest BCUT2D eigenvalue weighted by Crippen LogP contribution is -2.36. The molecule has 1 aliphatic rings. The van der Waals surface area contributed by atoms with Crippen LogP contribution in [0.1, 0.15) is 34.8 Å². The Morgan fingerprint density at radius 1 is 0.921 bits per heavy atom. The van der Waals surface area contributed by atoms with Gasteiger partial charge < -0.3 is 25.2 Å². The maximum Gasteiger partial charge on any atom is 0.337 e. The Balaban J connectivity index is 1.71. The van der Waals surface area contributed by atoms with E-state index >= 15 is 0 Å². The fourth-order valence-electron chi connectivity index (χ4n) is 4.31. The summed E-state index contributed by atoms with van der Waals surface area (Å²) in [5, 5.41) is 6.31. The minimum absolute atomic E-state index is 0.0604. The first-order valence-corrected chi connectivity index (χ1v) is 12.5. The van der Waals surface area contributed by atoms with Crippen LogP contribution in [0, 0.1) is 0 Å². The number of rotatable bonds is 9. The fourth-order valence-corrected chi connectivity index (χ4v) is 4.31. The molecule has 2 amide bonds. The van der Waals surface area contributed by atoms with E-state index in [-0.39, 0.29) is 11.8 Å². The van der Waals surface area contributed by atoms with Crippen LogP contribution in [0.2, 0.25) is 0 Å². The normalized spacial score (nSPS) is 13.6. The summed E-state index contributed by atoms with van der Waals surface area (Å²) in [5.41, 5.74) is 5.12. The highest BCUT2D eigenvalue weighted by Gasteiger charge is 2.29. The molecule has 196 valence electrons. The van der Waals surface area contributed by atoms with E-state index in [1.807, 2.05) is 80.5 Å². The molecule has 0 fully saturated rings. The smallest absolute Gasteiger partial charge is 0.337 e. The summed E-state index contributed by atoms with van der Waals surface area (Å²) >= 11 is 0. The van der Waals surface area contributed by atoms with E-state index in [1.54, 1.807) is 23.1 Å². The molecule has 1 aliphatic heterocycles. The van der Waals surface area contributed by atoms with Crippen LogP contribution in [0.25, 0.3) is 11.3 Å². The number of fused-ring (bicyclic) bond motifs is 1. The molecular formula is C30H32N4O4. The lowest BCUT2D eigenvalue weighted by molar-refractivity contribution is -0.118. The molecule has 0 bridgehead atoms. The number of anilines is 3. The molecule has 0 aromatic heterocycles. The Bertz CT molecular complexity index is 1360. The molecule has 1 heterocycles. The van der Waals surface area contributed by atoms with Gasteiger partial charge in [0.2, 0.25) is 5.91 Å². The highest BCUT2D eigenvalue weighted by Crippen LogP contribution is 2.38. The number of ether oxygens (including phenoxy) is 1. The second-order valence-electron chi connectivity index (χ2n) is 9.20. The number of carbonyl (C=O) groups excluding carboxylic acids is 3. The summed E-state index contributed by atoms with van der Waals surface area (Å²) in [5.74, 6) is -0.680. The first kappa shape index (κ1) is 26.6. The molecule has 8 heteroatoms. The fraction of sp³-hybridized carbons (Fsp3) is 0.233. The first-order chi connectivity index (χ1) is 18.3. The van der Waals surface area contributed by atoms with E-state index < -0.39 is 5.97 Å². The number of amides is 2. The highest BCUT2D eigenvalue weighted by molar-refractivity contribution is 6.37. The third-order valence-corrected chi connectivity index (χ3v) is 6.32. The second-order valence-corrected chi connectivity index (χ2v) is 9.20. The highest BCUT2D eigenvalue weighted by atomic mass is 16.5. The Kier molecular flexibility index (Phi) is 8.23. The van der Waals surface area contributed by atoms with Crippen molar-refractivity contribution in [3.63, 3.8) is 0 Å². The van der Waals surface area contributed by atoms with Gasteiger partial charge in [-0.2, -0.15) is 0 Å². The molecule has 0 aliphatic carbocycles. The van der Waals surface area contributed by atoms with Crippen LogP contribution in [0.15, 0.2) is 72.8 Å². The summed E-state index contributed by atoms with van der Waals surface area (Å²) in [6, 6.07) is 22.2. The molecule has 3 aromatic rings. The lowest BCUT2D eigenvalue weighted by Gasteiger charge is -2.24. The first-order valence-electron chi connectivity index (χ1n) is 12.5. The van der Waals surface area contributed by atoms with Crippen LogP contribution in [0.4, 0.5) is 17.1 Å². The number of benzene rings is 3. The van der Waals surface area contributed by atoms with Crippen molar-refractivity contribution in [2.24, 2.45) is 0 Å². The topological polar surface area (TPSA) is 91.0 Å². The zero-order valence-corrected chi connectivity index (χ0v) is 22.1. The number of nitrogens with one attached hydrogen (secondary N) is 2. The van der Waals surface area contributed by atoms with Crippen molar-refractivity contribution in [3.05, 3.63) is 89.5 Å². The molecule has 0 spiro atoms. The zero-order chi connectivity index (χ0) is 27.2. The van der Waals surface area contributed by atoms with E-state index in [9.17, 15) is 14.4 Å². The zero-order valence-electron chi connectivity index (χ0n) is 22.1. The van der Waals surface area contributed by atoms with Crippen molar-refractivity contribution in [3.8, 4) is 0 Å². The van der Waals surface area contributed by atoms with Crippen molar-refractivity contribution < 1.29 is 19.1 Å². The minimum Gasteiger partial charge on any atom is -0.465 e. The summed E-state index contributed by atoms with van der Waals surface area (Å²) in [6.07, 6.45) is 0.421. The Labute approximate surface area is 222 Å². The van der Waals surface area contributed by atoms with Gasteiger partial charge in [0, 0.05) is 36.4 Å². The summed E-state index contributed by atoms with van der Waals surface area (Å²) in [4.78, 5) is 41.6. The molecule has 3 aromatic carbocycles. The van der Waals surface area contributed by atoms with Crippen LogP contribution in [0.5, 0.6) is 0 Å². The van der Waals surface area contributed by atoms with Crippen LogP contribution in [-0.2, 0) is 14.3 Å². The number of hydrogen-bond acceptors (Lipinski definition) is 6. The van der Waals surface area contributed by atoms with Gasteiger partial charge in [0.15, 0.2) is 0 Å². The Morgan fingerprint density at radius 2 is 1.63 bits per heavy atom. The van der Waals surface area contributed by atoms with E-state index in [0.29, 0.717) is 41.1 Å². The molecule has 2 N–H and O–H groups in total. The second kappa shape index (κ2) is 11.7. The SMILES string of the molecule is CCC(=O)N(CCN(C)C)c1ccc(NC(=C2C(=O)Nc3cc(C(=O)OC)ccc32)c2ccccc2)cc1. The van der Waals surface area contributed by atoms with Crippen molar-refractivity contribution in [2.45, 2.75) is 13.3 Å². The predicted octanol–water partition coefficient (Wildman–Crippen LogP) is 4.71. The molecule has 0 atom stereocenters. The monoisotopic (exact) mass is 512 g/mol. The summed E-state index contributed by atoms with van der Waals surface area (Å²) in [6.45, 7) is 3.20. The predicted molar refractivity (Wildman–Crippen MR) is 151 cm³/mol. The number of esters is 1. The third-order valence-electron chi connectivity index (χ3n) is 6.32. The molecule has 0 saturated carbocycles. The van der Waals surface area contributed by atoms with Gasteiger partial charge in [-0.05, 0) is 56.1 Å². The third kappa shape index (κ3) is 5.76. The standard InChI is InChI=1S/C30H32N4O4/c1-5-26(35)34(18-17-33(2)3)23-14-12-22(13-15-23)31-28(20-9-7-6-8-10-20)27-24-16-11-21(30(37)38-4)19-25(24)32-29(27)36/h6-16,19,31H,5,17-18H2,1-4H3,(H,32,36). The van der Waals surface area contributed by atoms with Crippen molar-refractivity contribution in [1.82, 2.24) is 4.90 Å². The van der Waals surface area contributed by atoms with Crippen LogP contribution in [-0.4, -0.2) is 57.0 Å². The van der Waals surface area contributed by atoms with E-state index in [4.69, 9.17) is 4.74 Å². The molecule has 8 nitrogen and oxygen atoms in total. The van der Waals surface area contributed by atoms with Crippen molar-refractivity contribution in [1.29, 1.82) is 0 Å². The average molecular weight is 513 g/mol. The van der Waals surface area contributed by atoms with Gasteiger partial charge in [-0.15, -0.1) is 0 Å². The minimum atomic E-state index is -0.470. The number of carbonyl (C=O) groups is 3. The molecule has 38 heavy (non-hydrogen) atoms. The largest absolute Gasteiger partial charge is 0.465 e. The van der Waals surface area contributed by atoms with Crippen LogP contribution >= 0.6 is 0 Å². The Morgan fingerprint density at radius 3 is 2.26 bits per heavy atom. The van der Waals surface area contributed by atoms with Crippen molar-refractivity contribution >= 4 is 46.1 Å².